The van der Waals surface area contributed by atoms with E-state index in [9.17, 15) is 39.6 Å². The average Bonchev–Trinajstić information content (AvgIpc) is 3.37. The van der Waals surface area contributed by atoms with Crippen molar-refractivity contribution in [3.05, 3.63) is 35.9 Å². The number of aliphatic hydroxyl groups is 4. The molecule has 1 heterocycles. The van der Waals surface area contributed by atoms with Gasteiger partial charge in [-0.1, -0.05) is 37.3 Å². The van der Waals surface area contributed by atoms with Crippen LogP contribution in [0.15, 0.2) is 30.3 Å². The Labute approximate surface area is 244 Å². The maximum Gasteiger partial charge on any atom is 0.411 e. The van der Waals surface area contributed by atoms with E-state index in [4.69, 9.17) is 18.9 Å². The Balaban J connectivity index is 2.51. The van der Waals surface area contributed by atoms with Crippen molar-refractivity contribution in [2.45, 2.75) is 76.5 Å². The third-order valence-corrected chi connectivity index (χ3v) is 6.86. The number of alkyl carbamates (subject to hydrolysis) is 1. The summed E-state index contributed by atoms with van der Waals surface area (Å²) in [6.45, 7) is 3.70. The van der Waals surface area contributed by atoms with Crippen molar-refractivity contribution < 1.29 is 58.6 Å². The molecular formula is C28H42N2O12. The highest BCUT2D eigenvalue weighted by molar-refractivity contribution is 5.90. The maximum absolute atomic E-state index is 13.4. The molecule has 42 heavy (non-hydrogen) atoms. The van der Waals surface area contributed by atoms with Gasteiger partial charge < -0.3 is 44.7 Å². The van der Waals surface area contributed by atoms with E-state index < -0.39 is 85.3 Å². The van der Waals surface area contributed by atoms with Crippen molar-refractivity contribution >= 4 is 24.1 Å². The smallest absolute Gasteiger partial charge is 0.411 e. The van der Waals surface area contributed by atoms with Gasteiger partial charge in [0.05, 0.1) is 33.0 Å². The highest BCUT2D eigenvalue weighted by Gasteiger charge is 2.63. The van der Waals surface area contributed by atoms with Crippen LogP contribution in [0.2, 0.25) is 0 Å². The van der Waals surface area contributed by atoms with Gasteiger partial charge in [0.2, 0.25) is 0 Å². The van der Waals surface area contributed by atoms with E-state index in [2.05, 4.69) is 5.32 Å². The predicted octanol–water partition coefficient (Wildman–Crippen LogP) is 0.480. The first-order chi connectivity index (χ1) is 19.7. The highest BCUT2D eigenvalue weighted by Crippen LogP contribution is 2.40. The monoisotopic (exact) mass is 598 g/mol. The zero-order chi connectivity index (χ0) is 31.7. The number of esters is 2. The van der Waals surface area contributed by atoms with Crippen molar-refractivity contribution in [3.8, 4) is 0 Å². The second-order valence-electron chi connectivity index (χ2n) is 11.5. The maximum atomic E-state index is 13.4. The molecule has 1 saturated heterocycles. The fraction of sp³-hybridized carbons (Fsp3) is 0.643. The number of likely N-dealkylation sites (tertiary alicyclic amines) is 1. The van der Waals surface area contributed by atoms with Gasteiger partial charge in [-0.25, -0.2) is 19.2 Å². The molecule has 0 aliphatic carbocycles. The van der Waals surface area contributed by atoms with Crippen LogP contribution in [0.25, 0.3) is 0 Å². The Morgan fingerprint density at radius 3 is 2.19 bits per heavy atom. The molecule has 0 saturated carbocycles. The van der Waals surface area contributed by atoms with Gasteiger partial charge in [-0.15, -0.1) is 0 Å². The standard InChI is InChI=1S/C28H42N2O12/c1-26(2,3)42-25(38)30-19(13-31)11-12-28(30,23(36)39-5)21(34)20(22(35)41-17-27(4,15-32)16-33)29-24(37)40-14-18-9-7-6-8-10-18/h6-10,19-21,31-34H,11-17H2,1-5H3,(H,29,37)/t19-,20-,21+,28-/m1/s1. The van der Waals surface area contributed by atoms with Crippen molar-refractivity contribution in [3.63, 3.8) is 0 Å². The van der Waals surface area contributed by atoms with Crippen molar-refractivity contribution in [1.29, 1.82) is 0 Å². The van der Waals surface area contributed by atoms with E-state index >= 15 is 0 Å². The topological polar surface area (TPSA) is 201 Å². The molecular weight excluding hydrogens is 556 g/mol. The second-order valence-corrected chi connectivity index (χ2v) is 11.5. The summed E-state index contributed by atoms with van der Waals surface area (Å²) in [7, 11) is 1.01. The van der Waals surface area contributed by atoms with Gasteiger partial charge in [-0.2, -0.15) is 0 Å². The first-order valence-electron chi connectivity index (χ1n) is 13.4. The predicted molar refractivity (Wildman–Crippen MR) is 146 cm³/mol. The van der Waals surface area contributed by atoms with Gasteiger partial charge >= 0.3 is 24.1 Å². The third kappa shape index (κ3) is 8.31. The van der Waals surface area contributed by atoms with Crippen LogP contribution < -0.4 is 5.32 Å². The number of carbonyl (C=O) groups is 4. The summed E-state index contributed by atoms with van der Waals surface area (Å²) in [5.74, 6) is -2.39. The normalized spacial score (nSPS) is 20.3. The molecule has 0 spiro atoms. The molecule has 0 unspecified atom stereocenters. The number of hydrogen-bond donors (Lipinski definition) is 5. The van der Waals surface area contributed by atoms with Crippen molar-refractivity contribution in [2.75, 3.05) is 33.5 Å². The number of ether oxygens (including phenoxy) is 4. The minimum Gasteiger partial charge on any atom is -0.467 e. The summed E-state index contributed by atoms with van der Waals surface area (Å²) >= 11 is 0. The van der Waals surface area contributed by atoms with Crippen LogP contribution in [0.1, 0.15) is 46.1 Å². The lowest BCUT2D eigenvalue weighted by molar-refractivity contribution is -0.170. The van der Waals surface area contributed by atoms with E-state index in [1.165, 1.54) is 6.92 Å². The van der Waals surface area contributed by atoms with Gasteiger partial charge in [-0.3, -0.25) is 4.90 Å². The molecule has 1 aromatic rings. The fourth-order valence-corrected chi connectivity index (χ4v) is 4.46. The van der Waals surface area contributed by atoms with Gasteiger partial charge in [-0.05, 0) is 39.2 Å². The molecule has 1 aromatic carbocycles. The zero-order valence-electron chi connectivity index (χ0n) is 24.6. The third-order valence-electron chi connectivity index (χ3n) is 6.86. The SMILES string of the molecule is COC(=O)[C@]1([C@@H](O)[C@@H](NC(=O)OCc2ccccc2)C(=O)OCC(C)(CO)CO)CC[C@H](CO)N1C(=O)OC(C)(C)C. The van der Waals surface area contributed by atoms with Crippen LogP contribution in [0.5, 0.6) is 0 Å². The molecule has 1 aliphatic rings. The summed E-state index contributed by atoms with van der Waals surface area (Å²) in [5.41, 5.74) is -3.99. The number of hydrogen-bond acceptors (Lipinski definition) is 12. The molecule has 2 amide bonds. The molecule has 14 heteroatoms. The summed E-state index contributed by atoms with van der Waals surface area (Å²) < 4.78 is 20.9. The van der Waals surface area contributed by atoms with Crippen LogP contribution in [0, 0.1) is 5.41 Å². The first kappa shape index (κ1) is 34.7. The molecule has 236 valence electrons. The number of benzene rings is 1. The molecule has 5 N–H and O–H groups in total. The summed E-state index contributed by atoms with van der Waals surface area (Å²) in [5, 5.41) is 43.2. The number of nitrogens with one attached hydrogen (secondary N) is 1. The van der Waals surface area contributed by atoms with E-state index in [1.807, 2.05) is 0 Å². The van der Waals surface area contributed by atoms with Crippen LogP contribution in [-0.4, -0.2) is 112 Å². The molecule has 0 bridgehead atoms. The Morgan fingerprint density at radius 1 is 1.05 bits per heavy atom. The molecule has 2 rings (SSSR count). The van der Waals surface area contributed by atoms with E-state index in [0.29, 0.717) is 5.56 Å². The summed E-state index contributed by atoms with van der Waals surface area (Å²) in [6.07, 6.45) is -4.70. The van der Waals surface area contributed by atoms with Crippen LogP contribution in [0.3, 0.4) is 0 Å². The quantitative estimate of drug-likeness (QED) is 0.165. The number of methoxy groups -OCH3 is 1. The Morgan fingerprint density at radius 2 is 1.67 bits per heavy atom. The largest absolute Gasteiger partial charge is 0.467 e. The molecule has 14 nitrogen and oxygen atoms in total. The van der Waals surface area contributed by atoms with Gasteiger partial charge in [0.15, 0.2) is 11.6 Å². The number of amides is 2. The van der Waals surface area contributed by atoms with Crippen LogP contribution in [-0.2, 0) is 35.1 Å². The van der Waals surface area contributed by atoms with Crippen LogP contribution >= 0.6 is 0 Å². The second kappa shape index (κ2) is 14.6. The lowest BCUT2D eigenvalue weighted by Crippen LogP contribution is -2.69. The number of carbonyl (C=O) groups excluding carboxylic acids is 4. The van der Waals surface area contributed by atoms with E-state index in [0.717, 1.165) is 12.0 Å². The minimum absolute atomic E-state index is 0.00915. The highest BCUT2D eigenvalue weighted by atomic mass is 16.6. The summed E-state index contributed by atoms with van der Waals surface area (Å²) in [6, 6.07) is 5.57. The molecule has 0 radical (unpaired) electrons. The van der Waals surface area contributed by atoms with E-state index in [1.54, 1.807) is 51.1 Å². The van der Waals surface area contributed by atoms with Gasteiger partial charge in [0, 0.05) is 5.41 Å². The van der Waals surface area contributed by atoms with Gasteiger partial charge in [0.25, 0.3) is 0 Å². The average molecular weight is 599 g/mol. The lowest BCUT2D eigenvalue weighted by Gasteiger charge is -2.43. The van der Waals surface area contributed by atoms with Crippen molar-refractivity contribution in [2.24, 2.45) is 5.41 Å². The lowest BCUT2D eigenvalue weighted by atomic mass is 9.84. The fourth-order valence-electron chi connectivity index (χ4n) is 4.46. The summed E-state index contributed by atoms with van der Waals surface area (Å²) in [4.78, 5) is 53.8. The number of aliphatic hydroxyl groups excluding tert-OH is 4. The van der Waals surface area contributed by atoms with Gasteiger partial charge in [0.1, 0.15) is 24.9 Å². The Bertz CT molecular complexity index is 1070. The Hall–Kier alpha value is -3.46. The van der Waals surface area contributed by atoms with Crippen molar-refractivity contribution in [1.82, 2.24) is 10.2 Å². The number of rotatable bonds is 12. The minimum atomic E-state index is -2.31. The van der Waals surface area contributed by atoms with Crippen LogP contribution in [0.4, 0.5) is 9.59 Å². The molecule has 0 aromatic heterocycles. The molecule has 1 fully saturated rings. The first-order valence-corrected chi connectivity index (χ1v) is 13.4. The molecule has 1 aliphatic heterocycles. The van der Waals surface area contributed by atoms with E-state index in [-0.39, 0.29) is 19.4 Å². The Kier molecular flexibility index (Phi) is 12.1. The number of nitrogens with zero attached hydrogens (tertiary/aromatic N) is 1. The zero-order valence-corrected chi connectivity index (χ0v) is 24.6. The molecule has 4 atom stereocenters.